The monoisotopic (exact) mass is 209 g/mol. The Balaban J connectivity index is 1.67. The van der Waals surface area contributed by atoms with Crippen LogP contribution in [0.5, 0.6) is 0 Å². The van der Waals surface area contributed by atoms with E-state index >= 15 is 0 Å². The van der Waals surface area contributed by atoms with E-state index in [0.29, 0.717) is 12.2 Å². The third-order valence-corrected chi connectivity index (χ3v) is 2.64. The van der Waals surface area contributed by atoms with Crippen LogP contribution in [0.2, 0.25) is 0 Å². The molecule has 1 saturated heterocycles. The number of carbonyl (C=O) groups excluding carboxylic acids is 1. The number of hydrogen-bond acceptors (Lipinski definition) is 4. The molecule has 1 aromatic rings. The summed E-state index contributed by atoms with van der Waals surface area (Å²) in [4.78, 5) is 13.6. The van der Waals surface area contributed by atoms with Gasteiger partial charge in [-0.25, -0.2) is 0 Å². The van der Waals surface area contributed by atoms with Crippen molar-refractivity contribution in [3.63, 3.8) is 0 Å². The van der Waals surface area contributed by atoms with Crippen molar-refractivity contribution in [2.45, 2.75) is 32.1 Å². The van der Waals surface area contributed by atoms with Crippen LogP contribution >= 0.6 is 0 Å². The number of nitrogens with one attached hydrogen (secondary N) is 1. The third-order valence-electron chi connectivity index (χ3n) is 2.64. The molecule has 0 atom stereocenters. The summed E-state index contributed by atoms with van der Waals surface area (Å²) in [6.07, 6.45) is 4.41. The predicted molar refractivity (Wildman–Crippen MR) is 52.9 cm³/mol. The quantitative estimate of drug-likeness (QED) is 0.765. The van der Waals surface area contributed by atoms with Gasteiger partial charge in [-0.2, -0.15) is 5.21 Å². The lowest BCUT2D eigenvalue weighted by atomic mass is 10.2. The predicted octanol–water partition coefficient (Wildman–Crippen LogP) is 0.145. The number of nitrogens with zero attached hydrogens (tertiary/aromatic N) is 4. The fourth-order valence-electron chi connectivity index (χ4n) is 1.81. The van der Waals surface area contributed by atoms with Crippen molar-refractivity contribution in [1.29, 1.82) is 0 Å². The summed E-state index contributed by atoms with van der Waals surface area (Å²) in [6.45, 7) is 1.86. The van der Waals surface area contributed by atoms with Gasteiger partial charge in [0.2, 0.25) is 5.91 Å². The molecule has 15 heavy (non-hydrogen) atoms. The van der Waals surface area contributed by atoms with Gasteiger partial charge in [0.25, 0.3) is 0 Å². The maximum absolute atomic E-state index is 11.6. The molecule has 0 aromatic carbocycles. The van der Waals surface area contributed by atoms with Crippen molar-refractivity contribution in [2.75, 3.05) is 13.1 Å². The Labute approximate surface area is 88.0 Å². The number of likely N-dealkylation sites (tertiary alicyclic amines) is 1. The van der Waals surface area contributed by atoms with E-state index in [1.54, 1.807) is 0 Å². The molecule has 1 aromatic heterocycles. The van der Waals surface area contributed by atoms with Crippen molar-refractivity contribution in [3.05, 3.63) is 5.82 Å². The van der Waals surface area contributed by atoms with Gasteiger partial charge < -0.3 is 4.90 Å². The zero-order valence-corrected chi connectivity index (χ0v) is 8.65. The topological polar surface area (TPSA) is 74.8 Å². The van der Waals surface area contributed by atoms with Gasteiger partial charge in [-0.15, -0.1) is 10.2 Å². The van der Waals surface area contributed by atoms with Crippen LogP contribution in [-0.4, -0.2) is 44.5 Å². The lowest BCUT2D eigenvalue weighted by Gasteiger charge is -2.14. The minimum absolute atomic E-state index is 0.260. The average molecular weight is 209 g/mol. The van der Waals surface area contributed by atoms with Crippen LogP contribution in [0.4, 0.5) is 0 Å². The van der Waals surface area contributed by atoms with E-state index in [1.165, 1.54) is 0 Å². The average Bonchev–Trinajstić information content (AvgIpc) is 2.90. The zero-order chi connectivity index (χ0) is 10.5. The number of amides is 1. The first kappa shape index (κ1) is 10.1. The second-order valence-corrected chi connectivity index (χ2v) is 3.77. The highest BCUT2D eigenvalue weighted by Gasteiger charge is 2.17. The van der Waals surface area contributed by atoms with E-state index in [0.717, 1.165) is 38.8 Å². The molecule has 0 bridgehead atoms. The standard InChI is InChI=1S/C9H15N5O/c15-9(14-6-1-2-7-14)5-3-4-8-10-12-13-11-8/h1-7H2,(H,10,11,12,13). The molecule has 0 radical (unpaired) electrons. The van der Waals surface area contributed by atoms with Crippen LogP contribution in [0.25, 0.3) is 0 Å². The van der Waals surface area contributed by atoms with Gasteiger partial charge in [0.15, 0.2) is 5.82 Å². The number of hydrogen-bond donors (Lipinski definition) is 1. The van der Waals surface area contributed by atoms with Gasteiger partial charge in [0.05, 0.1) is 0 Å². The van der Waals surface area contributed by atoms with Gasteiger partial charge in [0, 0.05) is 25.9 Å². The highest BCUT2D eigenvalue weighted by molar-refractivity contribution is 5.76. The molecule has 6 nitrogen and oxygen atoms in total. The maximum Gasteiger partial charge on any atom is 0.222 e. The van der Waals surface area contributed by atoms with Crippen molar-refractivity contribution in [3.8, 4) is 0 Å². The highest BCUT2D eigenvalue weighted by Crippen LogP contribution is 2.10. The summed E-state index contributed by atoms with van der Waals surface area (Å²) in [5.41, 5.74) is 0. The van der Waals surface area contributed by atoms with Crippen molar-refractivity contribution in [2.24, 2.45) is 0 Å². The molecule has 2 heterocycles. The fraction of sp³-hybridized carbons (Fsp3) is 0.778. The Morgan fingerprint density at radius 3 is 2.87 bits per heavy atom. The largest absolute Gasteiger partial charge is 0.343 e. The number of aromatic nitrogens is 4. The summed E-state index contributed by atoms with van der Waals surface area (Å²) >= 11 is 0. The molecule has 1 aliphatic heterocycles. The highest BCUT2D eigenvalue weighted by atomic mass is 16.2. The normalized spacial score (nSPS) is 15.9. The number of tetrazole rings is 1. The second kappa shape index (κ2) is 4.86. The van der Waals surface area contributed by atoms with Crippen LogP contribution in [0.15, 0.2) is 0 Å². The first-order valence-electron chi connectivity index (χ1n) is 5.36. The lowest BCUT2D eigenvalue weighted by molar-refractivity contribution is -0.130. The SMILES string of the molecule is O=C(CCCc1nn[nH]n1)N1CCCC1. The molecule has 1 fully saturated rings. The van der Waals surface area contributed by atoms with E-state index in [4.69, 9.17) is 0 Å². The first-order chi connectivity index (χ1) is 7.36. The summed E-state index contributed by atoms with van der Waals surface area (Å²) < 4.78 is 0. The molecule has 0 aliphatic carbocycles. The smallest absolute Gasteiger partial charge is 0.222 e. The third kappa shape index (κ3) is 2.74. The zero-order valence-electron chi connectivity index (χ0n) is 8.65. The van der Waals surface area contributed by atoms with Gasteiger partial charge in [0.1, 0.15) is 0 Å². The number of carbonyl (C=O) groups is 1. The van der Waals surface area contributed by atoms with E-state index < -0.39 is 0 Å². The van der Waals surface area contributed by atoms with Gasteiger partial charge in [-0.1, -0.05) is 5.21 Å². The molecule has 1 N–H and O–H groups in total. The Morgan fingerprint density at radius 1 is 1.40 bits per heavy atom. The number of aryl methyl sites for hydroxylation is 1. The van der Waals surface area contributed by atoms with Crippen molar-refractivity contribution < 1.29 is 4.79 Å². The molecule has 1 aliphatic rings. The minimum Gasteiger partial charge on any atom is -0.343 e. The Morgan fingerprint density at radius 2 is 2.20 bits per heavy atom. The molecular weight excluding hydrogens is 194 g/mol. The maximum atomic E-state index is 11.6. The summed E-state index contributed by atoms with van der Waals surface area (Å²) in [6, 6.07) is 0. The molecular formula is C9H15N5O. The molecule has 6 heteroatoms. The van der Waals surface area contributed by atoms with Gasteiger partial charge >= 0.3 is 0 Å². The van der Waals surface area contributed by atoms with Crippen molar-refractivity contribution in [1.82, 2.24) is 25.5 Å². The summed E-state index contributed by atoms with van der Waals surface area (Å²) in [7, 11) is 0. The Bertz CT molecular complexity index is 304. The molecule has 2 rings (SSSR count). The van der Waals surface area contributed by atoms with Gasteiger partial charge in [-0.05, 0) is 19.3 Å². The molecule has 0 unspecified atom stereocenters. The van der Waals surface area contributed by atoms with Crippen LogP contribution in [0.1, 0.15) is 31.5 Å². The number of rotatable bonds is 4. The van der Waals surface area contributed by atoms with E-state index in [2.05, 4.69) is 20.6 Å². The molecule has 0 spiro atoms. The van der Waals surface area contributed by atoms with Crippen LogP contribution in [0, 0.1) is 0 Å². The number of H-pyrrole nitrogens is 1. The minimum atomic E-state index is 0.260. The van der Waals surface area contributed by atoms with E-state index in [9.17, 15) is 4.79 Å². The Hall–Kier alpha value is -1.46. The van der Waals surface area contributed by atoms with Gasteiger partial charge in [-0.3, -0.25) is 4.79 Å². The Kier molecular flexibility index (Phi) is 3.26. The van der Waals surface area contributed by atoms with Crippen molar-refractivity contribution >= 4 is 5.91 Å². The molecule has 1 amide bonds. The summed E-state index contributed by atoms with van der Waals surface area (Å²) in [5, 5.41) is 13.5. The number of aromatic amines is 1. The molecule has 82 valence electrons. The van der Waals surface area contributed by atoms with E-state index in [1.807, 2.05) is 4.90 Å². The molecule has 0 saturated carbocycles. The second-order valence-electron chi connectivity index (χ2n) is 3.77. The van der Waals surface area contributed by atoms with Crippen LogP contribution in [0.3, 0.4) is 0 Å². The lowest BCUT2D eigenvalue weighted by Crippen LogP contribution is -2.27. The van der Waals surface area contributed by atoms with Crippen LogP contribution in [-0.2, 0) is 11.2 Å². The summed E-state index contributed by atoms with van der Waals surface area (Å²) in [5.74, 6) is 0.945. The first-order valence-corrected chi connectivity index (χ1v) is 5.36. The fourth-order valence-corrected chi connectivity index (χ4v) is 1.81. The van der Waals surface area contributed by atoms with Crippen LogP contribution < -0.4 is 0 Å². The van der Waals surface area contributed by atoms with E-state index in [-0.39, 0.29) is 5.91 Å².